The van der Waals surface area contributed by atoms with Crippen molar-refractivity contribution in [2.75, 3.05) is 13.6 Å². The van der Waals surface area contributed by atoms with Crippen LogP contribution in [-0.4, -0.2) is 47.2 Å². The Hall–Kier alpha value is -0.610. The van der Waals surface area contributed by atoms with Gasteiger partial charge in [-0.1, -0.05) is 19.8 Å². The molecule has 4 nitrogen and oxygen atoms in total. The third-order valence-corrected chi connectivity index (χ3v) is 4.67. The van der Waals surface area contributed by atoms with Gasteiger partial charge in [0, 0.05) is 18.6 Å². The molecule has 2 rings (SSSR count). The number of aliphatic carboxylic acids is 1. The lowest BCUT2D eigenvalue weighted by molar-refractivity contribution is -0.145. The fourth-order valence-corrected chi connectivity index (χ4v) is 3.28. The molecule has 0 aromatic rings. The van der Waals surface area contributed by atoms with Crippen molar-refractivity contribution in [3.05, 3.63) is 0 Å². The molecule has 19 heavy (non-hydrogen) atoms. The van der Waals surface area contributed by atoms with E-state index in [1.54, 1.807) is 0 Å². The van der Waals surface area contributed by atoms with Crippen LogP contribution in [0.5, 0.6) is 0 Å². The number of likely N-dealkylation sites (N-methyl/N-ethyl adjacent to an activating group) is 1. The maximum Gasteiger partial charge on any atom is 0.324 e. The van der Waals surface area contributed by atoms with Crippen LogP contribution in [0, 0.1) is 5.92 Å². The number of nitrogens with one attached hydrogen (secondary N) is 1. The van der Waals surface area contributed by atoms with E-state index >= 15 is 0 Å². The van der Waals surface area contributed by atoms with Gasteiger partial charge in [-0.2, -0.15) is 0 Å². The number of hydrogen-bond donors (Lipinski definition) is 2. The van der Waals surface area contributed by atoms with E-state index in [-0.39, 0.29) is 0 Å². The summed E-state index contributed by atoms with van der Waals surface area (Å²) in [5, 5.41) is 12.8. The Labute approximate surface area is 116 Å². The van der Waals surface area contributed by atoms with Crippen molar-refractivity contribution in [1.29, 1.82) is 0 Å². The van der Waals surface area contributed by atoms with Gasteiger partial charge in [-0.3, -0.25) is 10.1 Å². The summed E-state index contributed by atoms with van der Waals surface area (Å²) in [4.78, 5) is 13.8. The lowest BCUT2D eigenvalue weighted by atomic mass is 9.85. The molecular formula is C15H28N2O2. The Balaban J connectivity index is 1.93. The molecule has 0 aromatic heterocycles. The summed E-state index contributed by atoms with van der Waals surface area (Å²) < 4.78 is 0. The zero-order chi connectivity index (χ0) is 14.0. The van der Waals surface area contributed by atoms with Gasteiger partial charge in [0.05, 0.1) is 0 Å². The van der Waals surface area contributed by atoms with Crippen molar-refractivity contribution in [3.63, 3.8) is 0 Å². The summed E-state index contributed by atoms with van der Waals surface area (Å²) in [6.45, 7) is 4.73. The minimum Gasteiger partial charge on any atom is -0.480 e. The molecule has 0 bridgehead atoms. The van der Waals surface area contributed by atoms with Gasteiger partial charge in [-0.15, -0.1) is 0 Å². The third kappa shape index (κ3) is 3.93. The first-order valence-corrected chi connectivity index (χ1v) is 7.62. The van der Waals surface area contributed by atoms with Crippen LogP contribution in [0.25, 0.3) is 0 Å². The fraction of sp³-hybridized carbons (Fsp3) is 0.933. The van der Waals surface area contributed by atoms with E-state index < -0.39 is 11.5 Å². The van der Waals surface area contributed by atoms with Crippen molar-refractivity contribution in [2.24, 2.45) is 5.92 Å². The van der Waals surface area contributed by atoms with E-state index in [4.69, 9.17) is 0 Å². The summed E-state index contributed by atoms with van der Waals surface area (Å²) in [6, 6.07) is 0.961. The molecule has 2 saturated carbocycles. The summed E-state index contributed by atoms with van der Waals surface area (Å²) in [5.41, 5.74) is -0.809. The Morgan fingerprint density at radius 1 is 1.37 bits per heavy atom. The first-order valence-electron chi connectivity index (χ1n) is 7.62. The molecule has 4 heteroatoms. The molecule has 3 atom stereocenters. The Morgan fingerprint density at radius 2 is 2.05 bits per heavy atom. The highest BCUT2D eigenvalue weighted by Gasteiger charge is 2.40. The Morgan fingerprint density at radius 3 is 2.58 bits per heavy atom. The summed E-state index contributed by atoms with van der Waals surface area (Å²) >= 11 is 0. The maximum atomic E-state index is 11.6. The largest absolute Gasteiger partial charge is 0.480 e. The minimum absolute atomic E-state index is 0.416. The predicted octanol–water partition coefficient (Wildman–Crippen LogP) is 2.09. The lowest BCUT2D eigenvalue weighted by Crippen LogP contribution is -2.58. The lowest BCUT2D eigenvalue weighted by Gasteiger charge is -2.38. The van der Waals surface area contributed by atoms with Gasteiger partial charge in [-0.05, 0) is 45.6 Å². The highest BCUT2D eigenvalue weighted by atomic mass is 16.4. The second kappa shape index (κ2) is 5.80. The first-order chi connectivity index (χ1) is 8.90. The van der Waals surface area contributed by atoms with E-state index in [1.807, 2.05) is 6.92 Å². The predicted molar refractivity (Wildman–Crippen MR) is 76.2 cm³/mol. The topological polar surface area (TPSA) is 52.6 Å². The highest BCUT2D eigenvalue weighted by Crippen LogP contribution is 2.28. The van der Waals surface area contributed by atoms with E-state index in [0.29, 0.717) is 18.6 Å². The first kappa shape index (κ1) is 14.8. The number of carboxylic acid groups (broad SMARTS) is 1. The van der Waals surface area contributed by atoms with Gasteiger partial charge in [0.15, 0.2) is 0 Å². The van der Waals surface area contributed by atoms with Gasteiger partial charge < -0.3 is 10.0 Å². The molecule has 3 unspecified atom stereocenters. The average Bonchev–Trinajstić information content (AvgIpc) is 3.12. The van der Waals surface area contributed by atoms with Crippen LogP contribution in [0.15, 0.2) is 0 Å². The normalized spacial score (nSPS) is 31.2. The Bertz CT molecular complexity index is 330. The molecule has 2 aliphatic rings. The number of hydrogen-bond acceptors (Lipinski definition) is 3. The molecular weight excluding hydrogens is 240 g/mol. The van der Waals surface area contributed by atoms with Gasteiger partial charge in [0.1, 0.15) is 5.54 Å². The van der Waals surface area contributed by atoms with E-state index in [2.05, 4.69) is 24.2 Å². The molecule has 0 aliphatic heterocycles. The molecule has 2 N–H and O–H groups in total. The van der Waals surface area contributed by atoms with Crippen LogP contribution < -0.4 is 5.32 Å². The summed E-state index contributed by atoms with van der Waals surface area (Å²) in [7, 11) is 2.08. The van der Waals surface area contributed by atoms with E-state index in [9.17, 15) is 9.90 Å². The zero-order valence-electron chi connectivity index (χ0n) is 12.5. The molecule has 0 spiro atoms. The summed E-state index contributed by atoms with van der Waals surface area (Å²) in [6.07, 6.45) is 7.24. The quantitative estimate of drug-likeness (QED) is 0.774. The van der Waals surface area contributed by atoms with Gasteiger partial charge >= 0.3 is 5.97 Å². The van der Waals surface area contributed by atoms with Crippen LogP contribution >= 0.6 is 0 Å². The molecule has 0 heterocycles. The number of carbonyl (C=O) groups is 1. The standard InChI is InChI=1S/C15H28N2O2/c1-11-5-4-6-13(9-11)17(3)10-15(2,14(18)19)16-12-7-8-12/h11-13,16H,4-10H2,1-3H3,(H,18,19). The van der Waals surface area contributed by atoms with Crippen molar-refractivity contribution in [2.45, 2.75) is 70.0 Å². The van der Waals surface area contributed by atoms with Gasteiger partial charge in [-0.25, -0.2) is 0 Å². The second-order valence-electron chi connectivity index (χ2n) is 6.90. The molecule has 2 aliphatic carbocycles. The fourth-order valence-electron chi connectivity index (χ4n) is 3.28. The van der Waals surface area contributed by atoms with E-state index in [0.717, 1.165) is 18.8 Å². The molecule has 110 valence electrons. The Kier molecular flexibility index (Phi) is 4.51. The maximum absolute atomic E-state index is 11.6. The zero-order valence-corrected chi connectivity index (χ0v) is 12.5. The smallest absolute Gasteiger partial charge is 0.324 e. The average molecular weight is 268 g/mol. The van der Waals surface area contributed by atoms with Crippen molar-refractivity contribution in [1.82, 2.24) is 10.2 Å². The molecule has 0 amide bonds. The molecule has 2 fully saturated rings. The van der Waals surface area contributed by atoms with Crippen molar-refractivity contribution in [3.8, 4) is 0 Å². The van der Waals surface area contributed by atoms with Crippen molar-refractivity contribution < 1.29 is 9.90 Å². The van der Waals surface area contributed by atoms with Crippen LogP contribution in [0.1, 0.15) is 52.4 Å². The van der Waals surface area contributed by atoms with Crippen LogP contribution in [0.3, 0.4) is 0 Å². The molecule has 0 radical (unpaired) electrons. The summed E-state index contributed by atoms with van der Waals surface area (Å²) in [5.74, 6) is 0.0452. The van der Waals surface area contributed by atoms with Crippen LogP contribution in [0.2, 0.25) is 0 Å². The molecule has 0 aromatic carbocycles. The third-order valence-electron chi connectivity index (χ3n) is 4.67. The van der Waals surface area contributed by atoms with Crippen LogP contribution in [0.4, 0.5) is 0 Å². The molecule has 0 saturated heterocycles. The van der Waals surface area contributed by atoms with E-state index in [1.165, 1.54) is 25.7 Å². The SMILES string of the molecule is CC1CCCC(N(C)CC(C)(NC2CC2)C(=O)O)C1. The van der Waals surface area contributed by atoms with Gasteiger partial charge in [0.25, 0.3) is 0 Å². The van der Waals surface area contributed by atoms with Crippen molar-refractivity contribution >= 4 is 5.97 Å². The number of carboxylic acids is 1. The second-order valence-corrected chi connectivity index (χ2v) is 6.90. The number of nitrogens with zero attached hydrogens (tertiary/aromatic N) is 1. The minimum atomic E-state index is -0.809. The van der Waals surface area contributed by atoms with Crippen LogP contribution in [-0.2, 0) is 4.79 Å². The monoisotopic (exact) mass is 268 g/mol. The van der Waals surface area contributed by atoms with Gasteiger partial charge in [0.2, 0.25) is 0 Å². The highest BCUT2D eigenvalue weighted by molar-refractivity contribution is 5.78. The number of rotatable bonds is 6.